The third kappa shape index (κ3) is 2.23. The molecule has 6 heteroatoms. The third-order valence-electron chi connectivity index (χ3n) is 2.95. The first-order valence-corrected chi connectivity index (χ1v) is 6.24. The fraction of sp³-hybridized carbons (Fsp3) is 0.143. The number of aryl methyl sites for hydroxylation is 1. The molecule has 0 atom stereocenters. The Labute approximate surface area is 115 Å². The standard InChI is InChI=1S/C14H13N5O/c1-10-12(13-16-7-4-8-19(13)18-10)14(20)17-9-11-5-2-3-6-15-11/h2-8H,9H2,1H3,(H,17,20). The van der Waals surface area contributed by atoms with Gasteiger partial charge in [0.25, 0.3) is 5.91 Å². The van der Waals surface area contributed by atoms with Gasteiger partial charge in [-0.2, -0.15) is 5.10 Å². The monoisotopic (exact) mass is 267 g/mol. The van der Waals surface area contributed by atoms with E-state index in [-0.39, 0.29) is 5.91 Å². The lowest BCUT2D eigenvalue weighted by Crippen LogP contribution is -2.24. The number of nitrogens with zero attached hydrogens (tertiary/aromatic N) is 4. The van der Waals surface area contributed by atoms with Crippen LogP contribution in [0.3, 0.4) is 0 Å². The molecule has 0 saturated heterocycles. The topological polar surface area (TPSA) is 72.2 Å². The molecule has 0 aliphatic carbocycles. The maximum Gasteiger partial charge on any atom is 0.257 e. The van der Waals surface area contributed by atoms with Crippen LogP contribution >= 0.6 is 0 Å². The Hall–Kier alpha value is -2.76. The lowest BCUT2D eigenvalue weighted by Gasteiger charge is -2.03. The minimum absolute atomic E-state index is 0.193. The number of hydrogen-bond acceptors (Lipinski definition) is 4. The maximum atomic E-state index is 12.3. The van der Waals surface area contributed by atoms with Gasteiger partial charge in [0.2, 0.25) is 0 Å². The van der Waals surface area contributed by atoms with Gasteiger partial charge in [0.1, 0.15) is 5.56 Å². The number of nitrogens with one attached hydrogen (secondary N) is 1. The van der Waals surface area contributed by atoms with Gasteiger partial charge < -0.3 is 5.32 Å². The van der Waals surface area contributed by atoms with Crippen LogP contribution in [-0.4, -0.2) is 25.5 Å². The molecule has 0 saturated carbocycles. The van der Waals surface area contributed by atoms with Crippen molar-refractivity contribution in [2.24, 2.45) is 0 Å². The van der Waals surface area contributed by atoms with Gasteiger partial charge in [-0.05, 0) is 25.1 Å². The molecule has 20 heavy (non-hydrogen) atoms. The first-order valence-electron chi connectivity index (χ1n) is 6.24. The van der Waals surface area contributed by atoms with Crippen molar-refractivity contribution < 1.29 is 4.79 Å². The second-order valence-electron chi connectivity index (χ2n) is 4.35. The van der Waals surface area contributed by atoms with Gasteiger partial charge in [-0.1, -0.05) is 6.07 Å². The van der Waals surface area contributed by atoms with Crippen LogP contribution < -0.4 is 5.32 Å². The highest BCUT2D eigenvalue weighted by Crippen LogP contribution is 2.12. The summed E-state index contributed by atoms with van der Waals surface area (Å²) in [6.45, 7) is 2.17. The molecule has 1 amide bonds. The lowest BCUT2D eigenvalue weighted by atomic mass is 10.2. The first kappa shape index (κ1) is 12.3. The van der Waals surface area contributed by atoms with Crippen LogP contribution in [0.25, 0.3) is 5.65 Å². The summed E-state index contributed by atoms with van der Waals surface area (Å²) in [4.78, 5) is 20.6. The van der Waals surface area contributed by atoms with Gasteiger partial charge in [-0.15, -0.1) is 0 Å². The minimum atomic E-state index is -0.193. The SMILES string of the molecule is Cc1nn2cccnc2c1C(=O)NCc1ccccn1. The zero-order valence-electron chi connectivity index (χ0n) is 10.9. The maximum absolute atomic E-state index is 12.3. The van der Waals surface area contributed by atoms with Crippen molar-refractivity contribution in [1.29, 1.82) is 0 Å². The van der Waals surface area contributed by atoms with E-state index in [1.807, 2.05) is 18.2 Å². The molecule has 1 N–H and O–H groups in total. The summed E-state index contributed by atoms with van der Waals surface area (Å²) in [5.74, 6) is -0.193. The molecule has 0 radical (unpaired) electrons. The predicted molar refractivity (Wildman–Crippen MR) is 73.1 cm³/mol. The molecule has 0 aliphatic heterocycles. The molecular formula is C14H13N5O. The molecule has 0 unspecified atom stereocenters. The summed E-state index contributed by atoms with van der Waals surface area (Å²) < 4.78 is 1.60. The molecular weight excluding hydrogens is 254 g/mol. The molecule has 3 heterocycles. The van der Waals surface area contributed by atoms with Crippen molar-refractivity contribution in [3.05, 3.63) is 59.8 Å². The number of rotatable bonds is 3. The number of amides is 1. The van der Waals surface area contributed by atoms with E-state index in [0.717, 1.165) is 5.69 Å². The summed E-state index contributed by atoms with van der Waals surface area (Å²) in [6.07, 6.45) is 5.11. The van der Waals surface area contributed by atoms with Crippen molar-refractivity contribution >= 4 is 11.6 Å². The van der Waals surface area contributed by atoms with Gasteiger partial charge >= 0.3 is 0 Å². The molecule has 0 spiro atoms. The Kier molecular flexibility index (Phi) is 3.12. The molecule has 3 aromatic heterocycles. The van der Waals surface area contributed by atoms with E-state index in [9.17, 15) is 4.79 Å². The Morgan fingerprint density at radius 3 is 2.90 bits per heavy atom. The fourth-order valence-corrected chi connectivity index (χ4v) is 2.02. The molecule has 0 fully saturated rings. The average molecular weight is 267 g/mol. The first-order chi connectivity index (χ1) is 9.75. The number of aromatic nitrogens is 4. The molecule has 3 rings (SSSR count). The third-order valence-corrected chi connectivity index (χ3v) is 2.95. The van der Waals surface area contributed by atoms with Gasteiger partial charge in [0.05, 0.1) is 17.9 Å². The van der Waals surface area contributed by atoms with Crippen molar-refractivity contribution in [2.75, 3.05) is 0 Å². The molecule has 100 valence electrons. The Bertz CT molecular complexity index is 751. The summed E-state index contributed by atoms with van der Waals surface area (Å²) in [6, 6.07) is 7.36. The summed E-state index contributed by atoms with van der Waals surface area (Å²) >= 11 is 0. The molecule has 0 bridgehead atoms. The fourth-order valence-electron chi connectivity index (χ4n) is 2.02. The Balaban J connectivity index is 1.84. The number of hydrogen-bond donors (Lipinski definition) is 1. The average Bonchev–Trinajstić information content (AvgIpc) is 2.82. The number of fused-ring (bicyclic) bond motifs is 1. The van der Waals surface area contributed by atoms with E-state index < -0.39 is 0 Å². The zero-order chi connectivity index (χ0) is 13.9. The Morgan fingerprint density at radius 1 is 1.25 bits per heavy atom. The van der Waals surface area contributed by atoms with E-state index in [1.54, 1.807) is 36.1 Å². The van der Waals surface area contributed by atoms with Crippen molar-refractivity contribution in [1.82, 2.24) is 24.9 Å². The van der Waals surface area contributed by atoms with E-state index in [4.69, 9.17) is 0 Å². The smallest absolute Gasteiger partial charge is 0.257 e. The van der Waals surface area contributed by atoms with Crippen LogP contribution in [-0.2, 0) is 6.54 Å². The molecule has 3 aromatic rings. The van der Waals surface area contributed by atoms with E-state index in [0.29, 0.717) is 23.4 Å². The van der Waals surface area contributed by atoms with Crippen LogP contribution in [0.5, 0.6) is 0 Å². The van der Waals surface area contributed by atoms with Crippen molar-refractivity contribution in [3.8, 4) is 0 Å². The van der Waals surface area contributed by atoms with Gasteiger partial charge in [0, 0.05) is 18.6 Å². The van der Waals surface area contributed by atoms with Gasteiger partial charge in [0.15, 0.2) is 5.65 Å². The number of carbonyl (C=O) groups excluding carboxylic acids is 1. The number of pyridine rings is 1. The quantitative estimate of drug-likeness (QED) is 0.777. The zero-order valence-corrected chi connectivity index (χ0v) is 10.9. The lowest BCUT2D eigenvalue weighted by molar-refractivity contribution is 0.0951. The van der Waals surface area contributed by atoms with E-state index >= 15 is 0 Å². The normalized spacial score (nSPS) is 10.7. The van der Waals surface area contributed by atoms with Crippen LogP contribution in [0, 0.1) is 6.92 Å². The van der Waals surface area contributed by atoms with Crippen LogP contribution in [0.1, 0.15) is 21.7 Å². The highest BCUT2D eigenvalue weighted by molar-refractivity contribution is 6.00. The predicted octanol–water partition coefficient (Wildman–Crippen LogP) is 1.36. The highest BCUT2D eigenvalue weighted by atomic mass is 16.1. The summed E-state index contributed by atoms with van der Waals surface area (Å²) in [5.41, 5.74) is 2.52. The van der Waals surface area contributed by atoms with E-state index in [2.05, 4.69) is 20.4 Å². The largest absolute Gasteiger partial charge is 0.346 e. The molecule has 0 aliphatic rings. The second-order valence-corrected chi connectivity index (χ2v) is 4.35. The second kappa shape index (κ2) is 5.08. The highest BCUT2D eigenvalue weighted by Gasteiger charge is 2.17. The van der Waals surface area contributed by atoms with Crippen molar-refractivity contribution in [3.63, 3.8) is 0 Å². The molecule has 0 aromatic carbocycles. The van der Waals surface area contributed by atoms with Gasteiger partial charge in [-0.3, -0.25) is 9.78 Å². The molecule has 6 nitrogen and oxygen atoms in total. The van der Waals surface area contributed by atoms with E-state index in [1.165, 1.54) is 0 Å². The summed E-state index contributed by atoms with van der Waals surface area (Å²) in [5, 5.41) is 7.11. The Morgan fingerprint density at radius 2 is 2.10 bits per heavy atom. The minimum Gasteiger partial charge on any atom is -0.346 e. The van der Waals surface area contributed by atoms with Crippen LogP contribution in [0.2, 0.25) is 0 Å². The van der Waals surface area contributed by atoms with Gasteiger partial charge in [-0.25, -0.2) is 9.50 Å². The summed E-state index contributed by atoms with van der Waals surface area (Å²) in [7, 11) is 0. The van der Waals surface area contributed by atoms with Crippen LogP contribution in [0.4, 0.5) is 0 Å². The van der Waals surface area contributed by atoms with Crippen molar-refractivity contribution in [2.45, 2.75) is 13.5 Å². The number of carbonyl (C=O) groups is 1. The van der Waals surface area contributed by atoms with Crippen LogP contribution in [0.15, 0.2) is 42.9 Å².